The van der Waals surface area contributed by atoms with Crippen LogP contribution in [0.2, 0.25) is 0 Å². The van der Waals surface area contributed by atoms with E-state index in [1.165, 1.54) is 6.92 Å². The van der Waals surface area contributed by atoms with Gasteiger partial charge in [-0.1, -0.05) is 12.1 Å². The molecular formula is C15H20ClF2N3O2. The van der Waals surface area contributed by atoms with Crippen molar-refractivity contribution in [1.82, 2.24) is 10.6 Å². The summed E-state index contributed by atoms with van der Waals surface area (Å²) >= 11 is 0. The first kappa shape index (κ1) is 19.3. The van der Waals surface area contributed by atoms with Crippen molar-refractivity contribution in [3.8, 4) is 0 Å². The highest BCUT2D eigenvalue weighted by atomic mass is 35.5. The van der Waals surface area contributed by atoms with Gasteiger partial charge in [0.1, 0.15) is 0 Å². The van der Waals surface area contributed by atoms with Crippen molar-refractivity contribution in [2.75, 3.05) is 11.9 Å². The molecule has 0 bridgehead atoms. The second kappa shape index (κ2) is 7.70. The highest BCUT2D eigenvalue weighted by Gasteiger charge is 2.42. The Bertz CT molecular complexity index is 584. The van der Waals surface area contributed by atoms with E-state index in [2.05, 4.69) is 16.0 Å². The first-order valence-corrected chi connectivity index (χ1v) is 7.06. The zero-order chi connectivity index (χ0) is 16.3. The number of anilines is 1. The first-order valence-electron chi connectivity index (χ1n) is 7.06. The van der Waals surface area contributed by atoms with E-state index in [0.717, 1.165) is 5.56 Å². The largest absolute Gasteiger partial charge is 0.348 e. The quantitative estimate of drug-likeness (QED) is 0.782. The average Bonchev–Trinajstić information content (AvgIpc) is 2.78. The minimum atomic E-state index is -2.84. The molecule has 128 valence electrons. The Morgan fingerprint density at radius 2 is 2.09 bits per heavy atom. The molecule has 1 aromatic carbocycles. The fourth-order valence-corrected chi connectivity index (χ4v) is 2.39. The van der Waals surface area contributed by atoms with E-state index in [4.69, 9.17) is 0 Å². The number of rotatable bonds is 4. The lowest BCUT2D eigenvalue weighted by molar-refractivity contribution is -0.124. The molecule has 23 heavy (non-hydrogen) atoms. The molecule has 3 N–H and O–H groups in total. The van der Waals surface area contributed by atoms with Gasteiger partial charge in [-0.25, -0.2) is 8.78 Å². The number of benzene rings is 1. The van der Waals surface area contributed by atoms with Gasteiger partial charge >= 0.3 is 0 Å². The molecule has 0 radical (unpaired) electrons. The van der Waals surface area contributed by atoms with Crippen LogP contribution in [0, 0.1) is 0 Å². The topological polar surface area (TPSA) is 70.2 Å². The second-order valence-corrected chi connectivity index (χ2v) is 5.53. The normalized spacial score (nSPS) is 20.3. The van der Waals surface area contributed by atoms with E-state index in [1.807, 2.05) is 0 Å². The summed E-state index contributed by atoms with van der Waals surface area (Å²) in [6.45, 7) is 2.69. The van der Waals surface area contributed by atoms with Gasteiger partial charge in [-0.3, -0.25) is 14.9 Å². The summed E-state index contributed by atoms with van der Waals surface area (Å²) in [5, 5.41) is 7.89. The lowest BCUT2D eigenvalue weighted by Crippen LogP contribution is -2.41. The van der Waals surface area contributed by atoms with Gasteiger partial charge in [-0.2, -0.15) is 0 Å². The monoisotopic (exact) mass is 347 g/mol. The number of hydrogen-bond donors (Lipinski definition) is 3. The molecule has 1 aromatic rings. The molecule has 0 aliphatic carbocycles. The molecular weight excluding hydrogens is 328 g/mol. The standard InChI is InChI=1S/C15H19F2N3O2.ClH/c1-9(11-4-3-5-12(6-11)20-10(2)21)19-14(22)13-7-15(16,17)8-18-13;/h3-6,9,13,18H,7-8H2,1-2H3,(H,19,22)(H,20,21);1H. The van der Waals surface area contributed by atoms with E-state index < -0.39 is 30.8 Å². The summed E-state index contributed by atoms with van der Waals surface area (Å²) in [6.07, 6.45) is -0.489. The molecule has 2 rings (SSSR count). The first-order chi connectivity index (χ1) is 10.3. The van der Waals surface area contributed by atoms with Crippen molar-refractivity contribution in [3.63, 3.8) is 0 Å². The van der Waals surface area contributed by atoms with Crippen molar-refractivity contribution < 1.29 is 18.4 Å². The second-order valence-electron chi connectivity index (χ2n) is 5.53. The van der Waals surface area contributed by atoms with Gasteiger partial charge in [0.25, 0.3) is 5.92 Å². The van der Waals surface area contributed by atoms with Crippen molar-refractivity contribution in [2.24, 2.45) is 0 Å². The van der Waals surface area contributed by atoms with Crippen LogP contribution in [-0.2, 0) is 9.59 Å². The molecule has 0 spiro atoms. The summed E-state index contributed by atoms with van der Waals surface area (Å²) < 4.78 is 26.2. The van der Waals surface area contributed by atoms with E-state index in [-0.39, 0.29) is 24.4 Å². The minimum absolute atomic E-state index is 0. The lowest BCUT2D eigenvalue weighted by atomic mass is 10.1. The van der Waals surface area contributed by atoms with E-state index in [9.17, 15) is 18.4 Å². The van der Waals surface area contributed by atoms with Crippen LogP contribution in [0.15, 0.2) is 24.3 Å². The zero-order valence-corrected chi connectivity index (χ0v) is 13.7. The van der Waals surface area contributed by atoms with Gasteiger partial charge < -0.3 is 10.6 Å². The third-order valence-corrected chi connectivity index (χ3v) is 3.49. The number of amides is 2. The van der Waals surface area contributed by atoms with Crippen LogP contribution < -0.4 is 16.0 Å². The Hall–Kier alpha value is -1.73. The Morgan fingerprint density at radius 3 is 2.65 bits per heavy atom. The Labute approximate surface area is 139 Å². The smallest absolute Gasteiger partial charge is 0.262 e. The lowest BCUT2D eigenvalue weighted by Gasteiger charge is -2.18. The third kappa shape index (κ3) is 5.44. The minimum Gasteiger partial charge on any atom is -0.348 e. The van der Waals surface area contributed by atoms with E-state index in [0.29, 0.717) is 5.69 Å². The van der Waals surface area contributed by atoms with Crippen LogP contribution in [-0.4, -0.2) is 30.3 Å². The molecule has 1 aliphatic heterocycles. The van der Waals surface area contributed by atoms with Crippen molar-refractivity contribution in [1.29, 1.82) is 0 Å². The predicted molar refractivity (Wildman–Crippen MR) is 85.9 cm³/mol. The van der Waals surface area contributed by atoms with Gasteiger partial charge in [0.2, 0.25) is 11.8 Å². The Morgan fingerprint density at radius 1 is 1.39 bits per heavy atom. The van der Waals surface area contributed by atoms with E-state index in [1.54, 1.807) is 31.2 Å². The number of hydrogen-bond acceptors (Lipinski definition) is 3. The zero-order valence-electron chi connectivity index (χ0n) is 12.9. The SMILES string of the molecule is CC(=O)Nc1cccc(C(C)NC(=O)C2CC(F)(F)CN2)c1.Cl. The molecule has 2 amide bonds. The van der Waals surface area contributed by atoms with Crippen LogP contribution in [0.25, 0.3) is 0 Å². The number of carbonyl (C=O) groups is 2. The summed E-state index contributed by atoms with van der Waals surface area (Å²) in [7, 11) is 0. The van der Waals surface area contributed by atoms with Gasteiger partial charge in [0, 0.05) is 19.0 Å². The predicted octanol–water partition coefficient (Wildman–Crippen LogP) is 2.24. The molecule has 1 fully saturated rings. The molecule has 1 aliphatic rings. The molecule has 0 saturated carbocycles. The molecule has 2 unspecified atom stereocenters. The third-order valence-electron chi connectivity index (χ3n) is 3.49. The number of carbonyl (C=O) groups excluding carboxylic acids is 2. The highest BCUT2D eigenvalue weighted by molar-refractivity contribution is 5.88. The van der Waals surface area contributed by atoms with Gasteiger partial charge in [-0.15, -0.1) is 12.4 Å². The molecule has 2 atom stereocenters. The Balaban J connectivity index is 0.00000264. The number of halogens is 3. The van der Waals surface area contributed by atoms with Gasteiger partial charge in [0.05, 0.1) is 18.6 Å². The van der Waals surface area contributed by atoms with Crippen LogP contribution >= 0.6 is 12.4 Å². The van der Waals surface area contributed by atoms with E-state index >= 15 is 0 Å². The maximum atomic E-state index is 13.1. The molecule has 8 heteroatoms. The van der Waals surface area contributed by atoms with Crippen molar-refractivity contribution in [2.45, 2.75) is 38.3 Å². The van der Waals surface area contributed by atoms with Crippen LogP contribution in [0.1, 0.15) is 31.9 Å². The molecule has 5 nitrogen and oxygen atoms in total. The maximum absolute atomic E-state index is 13.1. The fraction of sp³-hybridized carbons (Fsp3) is 0.467. The van der Waals surface area contributed by atoms with Gasteiger partial charge in [-0.05, 0) is 24.6 Å². The number of nitrogens with one attached hydrogen (secondary N) is 3. The molecule has 1 saturated heterocycles. The van der Waals surface area contributed by atoms with Gasteiger partial charge in [0.15, 0.2) is 0 Å². The van der Waals surface area contributed by atoms with Crippen molar-refractivity contribution >= 4 is 29.9 Å². The molecule has 0 aromatic heterocycles. The summed E-state index contributed by atoms with van der Waals surface area (Å²) in [5.74, 6) is -3.47. The fourth-order valence-electron chi connectivity index (χ4n) is 2.39. The van der Waals surface area contributed by atoms with Crippen LogP contribution in [0.3, 0.4) is 0 Å². The highest BCUT2D eigenvalue weighted by Crippen LogP contribution is 2.25. The molecule has 1 heterocycles. The summed E-state index contributed by atoms with van der Waals surface area (Å²) in [4.78, 5) is 23.0. The van der Waals surface area contributed by atoms with Crippen molar-refractivity contribution in [3.05, 3.63) is 29.8 Å². The number of alkyl halides is 2. The van der Waals surface area contributed by atoms with Crippen LogP contribution in [0.4, 0.5) is 14.5 Å². The average molecular weight is 348 g/mol. The Kier molecular flexibility index (Phi) is 6.47. The maximum Gasteiger partial charge on any atom is 0.262 e. The summed E-state index contributed by atoms with van der Waals surface area (Å²) in [5.41, 5.74) is 1.40. The van der Waals surface area contributed by atoms with Crippen LogP contribution in [0.5, 0.6) is 0 Å². The summed E-state index contributed by atoms with van der Waals surface area (Å²) in [6, 6.07) is 5.80.